The molecule has 0 saturated heterocycles. The third kappa shape index (κ3) is 3.32. The first-order valence-electron chi connectivity index (χ1n) is 6.85. The highest BCUT2D eigenvalue weighted by Crippen LogP contribution is 2.38. The monoisotopic (exact) mass is 265 g/mol. The third-order valence-electron chi connectivity index (χ3n) is 4.13. The van der Waals surface area contributed by atoms with Crippen molar-refractivity contribution in [1.82, 2.24) is 5.32 Å². The quantitative estimate of drug-likeness (QED) is 0.634. The van der Waals surface area contributed by atoms with E-state index in [1.165, 1.54) is 18.9 Å². The second-order valence-corrected chi connectivity index (χ2v) is 6.26. The Bertz CT molecular complexity index is 447. The molecule has 4 nitrogen and oxygen atoms in total. The Balaban J connectivity index is 1.92. The van der Waals surface area contributed by atoms with Crippen LogP contribution in [0.4, 0.5) is 0 Å². The molecule has 0 spiro atoms. The highest BCUT2D eigenvalue weighted by Gasteiger charge is 2.26. The predicted molar refractivity (Wildman–Crippen MR) is 74.3 cm³/mol. The molecule has 19 heavy (non-hydrogen) atoms. The van der Waals surface area contributed by atoms with Crippen molar-refractivity contribution in [3.63, 3.8) is 0 Å². The molecule has 106 valence electrons. The molecule has 1 aromatic rings. The zero-order valence-corrected chi connectivity index (χ0v) is 11.6. The zero-order valence-electron chi connectivity index (χ0n) is 11.6. The number of rotatable bonds is 3. The van der Waals surface area contributed by atoms with Crippen LogP contribution in [0.1, 0.15) is 45.1 Å². The summed E-state index contributed by atoms with van der Waals surface area (Å²) in [6.45, 7) is 5.10. The van der Waals surface area contributed by atoms with Gasteiger partial charge in [0.2, 0.25) is 5.75 Å². The lowest BCUT2D eigenvalue weighted by Gasteiger charge is -2.34. The lowest BCUT2D eigenvalue weighted by molar-refractivity contribution is 0.205. The Morgan fingerprint density at radius 3 is 2.37 bits per heavy atom. The normalized spacial score (nSPS) is 19.5. The van der Waals surface area contributed by atoms with E-state index in [0.29, 0.717) is 23.6 Å². The fourth-order valence-corrected chi connectivity index (χ4v) is 2.61. The van der Waals surface area contributed by atoms with E-state index < -0.39 is 5.75 Å². The van der Waals surface area contributed by atoms with Crippen molar-refractivity contribution in [3.05, 3.63) is 17.7 Å². The topological polar surface area (TPSA) is 72.7 Å². The maximum absolute atomic E-state index is 9.74. The minimum atomic E-state index is -0.441. The van der Waals surface area contributed by atoms with Crippen LogP contribution in [0.2, 0.25) is 0 Å². The summed E-state index contributed by atoms with van der Waals surface area (Å²) in [6, 6.07) is 3.49. The van der Waals surface area contributed by atoms with Gasteiger partial charge in [0.05, 0.1) is 0 Å². The largest absolute Gasteiger partial charge is 0.504 e. The van der Waals surface area contributed by atoms with Crippen LogP contribution in [0.3, 0.4) is 0 Å². The van der Waals surface area contributed by atoms with Gasteiger partial charge in [0, 0.05) is 18.2 Å². The van der Waals surface area contributed by atoms with E-state index in [0.717, 1.165) is 12.8 Å². The van der Waals surface area contributed by atoms with Crippen LogP contribution in [0.25, 0.3) is 0 Å². The maximum Gasteiger partial charge on any atom is 0.200 e. The van der Waals surface area contributed by atoms with Gasteiger partial charge in [-0.25, -0.2) is 0 Å². The second-order valence-electron chi connectivity index (χ2n) is 6.26. The summed E-state index contributed by atoms with van der Waals surface area (Å²) in [4.78, 5) is 0. The molecule has 0 aliphatic heterocycles. The van der Waals surface area contributed by atoms with Crippen LogP contribution < -0.4 is 5.32 Å². The van der Waals surface area contributed by atoms with Gasteiger partial charge in [0.15, 0.2) is 11.5 Å². The molecule has 0 unspecified atom stereocenters. The number of phenols is 3. The van der Waals surface area contributed by atoms with Gasteiger partial charge in [-0.3, -0.25) is 0 Å². The minimum absolute atomic E-state index is 0.233. The molecule has 1 fully saturated rings. The molecule has 0 radical (unpaired) electrons. The molecule has 2 rings (SSSR count). The Hall–Kier alpha value is -1.42. The number of nitrogens with one attached hydrogen (secondary N) is 1. The molecule has 0 atom stereocenters. The summed E-state index contributed by atoms with van der Waals surface area (Å²) >= 11 is 0. The standard InChI is InChI=1S/C15H23NO3/c1-15(2)7-5-11(6-8-15)16-9-10-3-4-12(17)14(19)13(10)18/h3-4,11,16-19H,5-9H2,1-2H3. The van der Waals surface area contributed by atoms with Crippen molar-refractivity contribution in [2.75, 3.05) is 0 Å². The van der Waals surface area contributed by atoms with E-state index >= 15 is 0 Å². The third-order valence-corrected chi connectivity index (χ3v) is 4.13. The molecule has 0 heterocycles. The Labute approximate surface area is 114 Å². The Morgan fingerprint density at radius 1 is 1.11 bits per heavy atom. The van der Waals surface area contributed by atoms with Crippen molar-refractivity contribution in [1.29, 1.82) is 0 Å². The van der Waals surface area contributed by atoms with Crippen LogP contribution in [0, 0.1) is 5.41 Å². The average Bonchev–Trinajstić information content (AvgIpc) is 2.37. The average molecular weight is 265 g/mol. The SMILES string of the molecule is CC1(C)CCC(NCc2ccc(O)c(O)c2O)CC1. The molecule has 0 amide bonds. The Morgan fingerprint density at radius 2 is 1.74 bits per heavy atom. The van der Waals surface area contributed by atoms with E-state index in [2.05, 4.69) is 19.2 Å². The highest BCUT2D eigenvalue weighted by molar-refractivity contribution is 5.53. The molecule has 1 aromatic carbocycles. The van der Waals surface area contributed by atoms with Crippen molar-refractivity contribution in [2.45, 2.75) is 52.1 Å². The van der Waals surface area contributed by atoms with Gasteiger partial charge in [-0.15, -0.1) is 0 Å². The molecule has 0 bridgehead atoms. The van der Waals surface area contributed by atoms with Crippen LogP contribution in [-0.4, -0.2) is 21.4 Å². The first-order valence-corrected chi connectivity index (χ1v) is 6.85. The smallest absolute Gasteiger partial charge is 0.200 e. The van der Waals surface area contributed by atoms with Crippen LogP contribution in [0.5, 0.6) is 17.2 Å². The molecule has 1 aliphatic carbocycles. The summed E-state index contributed by atoms with van der Waals surface area (Å²) in [5, 5.41) is 31.9. The summed E-state index contributed by atoms with van der Waals surface area (Å²) in [5.41, 5.74) is 1.05. The van der Waals surface area contributed by atoms with E-state index in [9.17, 15) is 15.3 Å². The van der Waals surface area contributed by atoms with Gasteiger partial charge >= 0.3 is 0 Å². The number of hydrogen-bond acceptors (Lipinski definition) is 4. The fourth-order valence-electron chi connectivity index (χ4n) is 2.61. The molecular formula is C15H23NO3. The van der Waals surface area contributed by atoms with E-state index in [4.69, 9.17) is 0 Å². The number of phenolic OH excluding ortho intramolecular Hbond substituents is 3. The van der Waals surface area contributed by atoms with Gasteiger partial charge in [-0.1, -0.05) is 19.9 Å². The van der Waals surface area contributed by atoms with Gasteiger partial charge in [0.1, 0.15) is 0 Å². The predicted octanol–water partition coefficient (Wildman–Crippen LogP) is 2.86. The van der Waals surface area contributed by atoms with E-state index in [1.54, 1.807) is 6.07 Å². The van der Waals surface area contributed by atoms with Crippen molar-refractivity contribution < 1.29 is 15.3 Å². The highest BCUT2D eigenvalue weighted by atomic mass is 16.3. The number of benzene rings is 1. The van der Waals surface area contributed by atoms with Crippen molar-refractivity contribution >= 4 is 0 Å². The Kier molecular flexibility index (Phi) is 3.90. The minimum Gasteiger partial charge on any atom is -0.504 e. The van der Waals surface area contributed by atoms with E-state index in [1.807, 2.05) is 0 Å². The summed E-state index contributed by atoms with van der Waals surface area (Å²) in [7, 11) is 0. The first-order chi connectivity index (χ1) is 8.89. The summed E-state index contributed by atoms with van der Waals surface area (Å²) in [5.74, 6) is -0.964. The van der Waals surface area contributed by atoms with E-state index in [-0.39, 0.29) is 11.5 Å². The molecule has 1 aliphatic rings. The lowest BCUT2D eigenvalue weighted by atomic mass is 9.75. The van der Waals surface area contributed by atoms with Gasteiger partial charge in [-0.2, -0.15) is 0 Å². The van der Waals surface area contributed by atoms with Crippen LogP contribution in [0.15, 0.2) is 12.1 Å². The molecule has 1 saturated carbocycles. The second kappa shape index (κ2) is 5.29. The number of aromatic hydroxyl groups is 3. The molecule has 4 heteroatoms. The summed E-state index contributed by atoms with van der Waals surface area (Å²) in [6.07, 6.45) is 4.69. The maximum atomic E-state index is 9.74. The molecule has 4 N–H and O–H groups in total. The van der Waals surface area contributed by atoms with Gasteiger partial charge in [-0.05, 0) is 37.2 Å². The fraction of sp³-hybridized carbons (Fsp3) is 0.600. The first kappa shape index (κ1) is 14.0. The number of hydrogen-bond donors (Lipinski definition) is 4. The van der Waals surface area contributed by atoms with Gasteiger partial charge < -0.3 is 20.6 Å². The van der Waals surface area contributed by atoms with Crippen molar-refractivity contribution in [3.8, 4) is 17.2 Å². The van der Waals surface area contributed by atoms with Crippen molar-refractivity contribution in [2.24, 2.45) is 5.41 Å². The zero-order chi connectivity index (χ0) is 14.0. The lowest BCUT2D eigenvalue weighted by Crippen LogP contribution is -2.35. The van der Waals surface area contributed by atoms with Gasteiger partial charge in [0.25, 0.3) is 0 Å². The summed E-state index contributed by atoms with van der Waals surface area (Å²) < 4.78 is 0. The molecule has 0 aromatic heterocycles. The van der Waals surface area contributed by atoms with Crippen LogP contribution >= 0.6 is 0 Å². The van der Waals surface area contributed by atoms with Crippen LogP contribution in [-0.2, 0) is 6.54 Å². The molecular weight excluding hydrogens is 242 g/mol.